The number of esters is 1. The Hall–Kier alpha value is -2.62. The van der Waals surface area contributed by atoms with Crippen LogP contribution in [0.5, 0.6) is 5.75 Å². The van der Waals surface area contributed by atoms with E-state index in [1.807, 2.05) is 58.0 Å². The second-order valence-corrected chi connectivity index (χ2v) is 6.79. The Balaban J connectivity index is 1.74. The molecule has 130 valence electrons. The number of anilines is 1. The molecule has 2 aromatic carbocycles. The molecule has 1 aliphatic heterocycles. The predicted molar refractivity (Wildman–Crippen MR) is 97.9 cm³/mol. The molecular formula is C21H23NO3. The molecule has 4 heteroatoms. The lowest BCUT2D eigenvalue weighted by Gasteiger charge is -2.18. The Bertz CT molecular complexity index is 841. The fourth-order valence-electron chi connectivity index (χ4n) is 3.03. The molecule has 0 saturated carbocycles. The molecule has 0 bridgehead atoms. The predicted octanol–water partition coefficient (Wildman–Crippen LogP) is 3.88. The van der Waals surface area contributed by atoms with E-state index in [1.54, 1.807) is 11.0 Å². The zero-order valence-electron chi connectivity index (χ0n) is 15.1. The van der Waals surface area contributed by atoms with Gasteiger partial charge in [0.15, 0.2) is 0 Å². The maximum atomic E-state index is 12.5. The first kappa shape index (κ1) is 17.2. The van der Waals surface area contributed by atoms with E-state index in [1.165, 1.54) is 5.56 Å². The maximum absolute atomic E-state index is 12.5. The Morgan fingerprint density at radius 1 is 1.04 bits per heavy atom. The number of hydrogen-bond acceptors (Lipinski definition) is 3. The highest BCUT2D eigenvalue weighted by Gasteiger charge is 2.36. The third kappa shape index (κ3) is 3.43. The summed E-state index contributed by atoms with van der Waals surface area (Å²) in [5.74, 6) is -0.240. The summed E-state index contributed by atoms with van der Waals surface area (Å²) in [6, 6.07) is 11.6. The third-order valence-electron chi connectivity index (χ3n) is 5.03. The van der Waals surface area contributed by atoms with E-state index in [2.05, 4.69) is 0 Å². The van der Waals surface area contributed by atoms with Gasteiger partial charge >= 0.3 is 5.97 Å². The van der Waals surface area contributed by atoms with Crippen LogP contribution in [0.2, 0.25) is 0 Å². The zero-order chi connectivity index (χ0) is 18.1. The van der Waals surface area contributed by atoms with Crippen molar-refractivity contribution in [3.05, 3.63) is 58.7 Å². The number of ether oxygens (including phenoxy) is 1. The minimum absolute atomic E-state index is 0.0360. The molecule has 1 saturated heterocycles. The Morgan fingerprint density at radius 2 is 1.80 bits per heavy atom. The highest BCUT2D eigenvalue weighted by Crippen LogP contribution is 2.29. The van der Waals surface area contributed by atoms with E-state index in [9.17, 15) is 9.59 Å². The van der Waals surface area contributed by atoms with Crippen LogP contribution in [0.3, 0.4) is 0 Å². The summed E-state index contributed by atoms with van der Waals surface area (Å²) < 4.78 is 5.57. The number of rotatable bonds is 3. The van der Waals surface area contributed by atoms with Crippen molar-refractivity contribution in [2.45, 2.75) is 34.1 Å². The number of aryl methyl sites for hydroxylation is 3. The Kier molecular flexibility index (Phi) is 4.62. The molecule has 0 radical (unpaired) electrons. The Morgan fingerprint density at radius 3 is 2.52 bits per heavy atom. The molecule has 0 unspecified atom stereocenters. The lowest BCUT2D eigenvalue weighted by molar-refractivity contribution is -0.139. The normalized spacial score (nSPS) is 17.0. The molecule has 0 aromatic heterocycles. The van der Waals surface area contributed by atoms with Crippen molar-refractivity contribution in [2.75, 3.05) is 11.4 Å². The van der Waals surface area contributed by atoms with E-state index < -0.39 is 5.92 Å². The molecular weight excluding hydrogens is 314 g/mol. The van der Waals surface area contributed by atoms with Crippen molar-refractivity contribution in [1.82, 2.24) is 0 Å². The molecule has 0 N–H and O–H groups in total. The van der Waals surface area contributed by atoms with Crippen LogP contribution < -0.4 is 9.64 Å². The fourth-order valence-corrected chi connectivity index (χ4v) is 3.03. The first-order valence-electron chi connectivity index (χ1n) is 8.52. The van der Waals surface area contributed by atoms with Gasteiger partial charge in [0, 0.05) is 18.7 Å². The second-order valence-electron chi connectivity index (χ2n) is 6.79. The molecule has 1 amide bonds. The summed E-state index contributed by atoms with van der Waals surface area (Å²) in [5, 5.41) is 0. The molecule has 0 aliphatic carbocycles. The van der Waals surface area contributed by atoms with Crippen molar-refractivity contribution in [1.29, 1.82) is 0 Å². The van der Waals surface area contributed by atoms with E-state index >= 15 is 0 Å². The van der Waals surface area contributed by atoms with Crippen molar-refractivity contribution >= 4 is 17.6 Å². The third-order valence-corrected chi connectivity index (χ3v) is 5.03. The van der Waals surface area contributed by atoms with Gasteiger partial charge in [0.25, 0.3) is 0 Å². The van der Waals surface area contributed by atoms with Crippen molar-refractivity contribution in [3.63, 3.8) is 0 Å². The van der Waals surface area contributed by atoms with Crippen molar-refractivity contribution in [3.8, 4) is 5.75 Å². The highest BCUT2D eigenvalue weighted by molar-refractivity contribution is 5.99. The van der Waals surface area contributed by atoms with Gasteiger partial charge in [-0.2, -0.15) is 0 Å². The van der Waals surface area contributed by atoms with Gasteiger partial charge in [0.2, 0.25) is 5.91 Å². The minimum Gasteiger partial charge on any atom is -0.426 e. The molecule has 1 atom stereocenters. The largest absolute Gasteiger partial charge is 0.426 e. The summed E-state index contributed by atoms with van der Waals surface area (Å²) >= 11 is 0. The topological polar surface area (TPSA) is 46.6 Å². The summed E-state index contributed by atoms with van der Waals surface area (Å²) in [4.78, 5) is 26.6. The molecule has 2 aromatic rings. The van der Waals surface area contributed by atoms with E-state index in [0.717, 1.165) is 22.4 Å². The van der Waals surface area contributed by atoms with Crippen LogP contribution in [0.25, 0.3) is 0 Å². The van der Waals surface area contributed by atoms with Gasteiger partial charge in [-0.3, -0.25) is 9.59 Å². The van der Waals surface area contributed by atoms with E-state index in [0.29, 0.717) is 12.3 Å². The van der Waals surface area contributed by atoms with Gasteiger partial charge in [0.1, 0.15) is 5.75 Å². The molecule has 1 heterocycles. The van der Waals surface area contributed by atoms with Gasteiger partial charge in [-0.25, -0.2) is 0 Å². The van der Waals surface area contributed by atoms with Crippen molar-refractivity contribution < 1.29 is 14.3 Å². The molecule has 3 rings (SSSR count). The SMILES string of the molecule is Cc1ccc(N2C[C@H](C(=O)Oc3cccc(C)c3C)CC2=O)cc1C. The molecule has 1 aliphatic rings. The van der Waals surface area contributed by atoms with Gasteiger partial charge < -0.3 is 9.64 Å². The molecule has 4 nitrogen and oxygen atoms in total. The average Bonchev–Trinajstić information content (AvgIpc) is 2.96. The first-order valence-corrected chi connectivity index (χ1v) is 8.52. The van der Waals surface area contributed by atoms with Gasteiger partial charge in [-0.1, -0.05) is 18.2 Å². The smallest absolute Gasteiger partial charge is 0.316 e. The molecule has 25 heavy (non-hydrogen) atoms. The Labute approximate surface area is 148 Å². The number of nitrogens with zero attached hydrogens (tertiary/aromatic N) is 1. The lowest BCUT2D eigenvalue weighted by atomic mass is 10.1. The van der Waals surface area contributed by atoms with Crippen LogP contribution in [-0.4, -0.2) is 18.4 Å². The zero-order valence-corrected chi connectivity index (χ0v) is 15.1. The number of amides is 1. The quantitative estimate of drug-likeness (QED) is 0.631. The van der Waals surface area contributed by atoms with Gasteiger partial charge in [-0.15, -0.1) is 0 Å². The number of carbonyl (C=O) groups excluding carboxylic acids is 2. The highest BCUT2D eigenvalue weighted by atomic mass is 16.5. The minimum atomic E-state index is -0.436. The van der Waals surface area contributed by atoms with Gasteiger partial charge in [0.05, 0.1) is 5.92 Å². The van der Waals surface area contributed by atoms with Crippen molar-refractivity contribution in [2.24, 2.45) is 5.92 Å². The first-order chi connectivity index (χ1) is 11.9. The van der Waals surface area contributed by atoms with Crippen LogP contribution in [0.1, 0.15) is 28.7 Å². The van der Waals surface area contributed by atoms with E-state index in [4.69, 9.17) is 4.74 Å². The maximum Gasteiger partial charge on any atom is 0.316 e. The van der Waals surface area contributed by atoms with E-state index in [-0.39, 0.29) is 18.3 Å². The monoisotopic (exact) mass is 337 g/mol. The standard InChI is InChI=1S/C21H23NO3/c1-13-8-9-18(10-15(13)3)22-12-17(11-20(22)23)21(24)25-19-7-5-6-14(2)16(19)4/h5-10,17H,11-12H2,1-4H3/t17-/m1/s1. The number of hydrogen-bond donors (Lipinski definition) is 0. The summed E-state index contributed by atoms with van der Waals surface area (Å²) in [7, 11) is 0. The van der Waals surface area contributed by atoms with Crippen LogP contribution in [0.4, 0.5) is 5.69 Å². The average molecular weight is 337 g/mol. The summed E-state index contributed by atoms with van der Waals surface area (Å²) in [6.07, 6.45) is 0.191. The molecule has 1 fully saturated rings. The van der Waals surface area contributed by atoms with Gasteiger partial charge in [-0.05, 0) is 68.1 Å². The van der Waals surface area contributed by atoms with Crippen LogP contribution in [0, 0.1) is 33.6 Å². The second kappa shape index (κ2) is 6.71. The summed E-state index contributed by atoms with van der Waals surface area (Å²) in [5.41, 5.74) is 5.18. The number of carbonyl (C=O) groups is 2. The van der Waals surface area contributed by atoms with Crippen LogP contribution in [0.15, 0.2) is 36.4 Å². The lowest BCUT2D eigenvalue weighted by Crippen LogP contribution is -2.27. The van der Waals surface area contributed by atoms with Crippen LogP contribution in [-0.2, 0) is 9.59 Å². The fraction of sp³-hybridized carbons (Fsp3) is 0.333. The number of benzene rings is 2. The summed E-state index contributed by atoms with van der Waals surface area (Å²) in [6.45, 7) is 8.33. The van der Waals surface area contributed by atoms with Crippen LogP contribution >= 0.6 is 0 Å². The molecule has 0 spiro atoms.